The molecule has 3 rings (SSSR count). The number of nitrogens with two attached hydrogens (primary N) is 1. The van der Waals surface area contributed by atoms with Crippen LogP contribution in [0, 0.1) is 0 Å². The summed E-state index contributed by atoms with van der Waals surface area (Å²) in [4.78, 5) is 14.8. The van der Waals surface area contributed by atoms with Gasteiger partial charge < -0.3 is 15.2 Å². The average molecular weight is 303 g/mol. The van der Waals surface area contributed by atoms with Gasteiger partial charge in [-0.2, -0.15) is 9.97 Å². The molecule has 3 aromatic rings. The Balaban J connectivity index is 2.09. The molecule has 0 aliphatic carbocycles. The summed E-state index contributed by atoms with van der Waals surface area (Å²) in [5.74, 6) is 0.933. The van der Waals surface area contributed by atoms with Gasteiger partial charge in [-0.15, -0.1) is 0 Å². The number of fused-ring (bicyclic) bond motifs is 1. The maximum atomic E-state index is 6.21. The van der Waals surface area contributed by atoms with Gasteiger partial charge in [0.25, 0.3) is 0 Å². The minimum absolute atomic E-state index is 0.376. The number of imidazole rings is 1. The molecule has 2 aromatic heterocycles. The Bertz CT molecular complexity index is 795. The number of nitrogens with zero attached hydrogens (tertiary/aromatic N) is 5. The summed E-state index contributed by atoms with van der Waals surface area (Å²) in [5.41, 5.74) is 8.26. The molecule has 0 fully saturated rings. The number of rotatable bonds is 3. The molecule has 6 nitrogen and oxygen atoms in total. The van der Waals surface area contributed by atoms with Crippen molar-refractivity contribution in [3.05, 3.63) is 41.2 Å². The van der Waals surface area contributed by atoms with E-state index in [1.807, 2.05) is 47.8 Å². The van der Waals surface area contributed by atoms with Crippen LogP contribution >= 0.6 is 11.6 Å². The third kappa shape index (κ3) is 2.50. The molecule has 0 radical (unpaired) electrons. The second-order valence-corrected chi connectivity index (χ2v) is 5.35. The molecule has 2 N–H and O–H groups in total. The van der Waals surface area contributed by atoms with Crippen LogP contribution in [-0.4, -0.2) is 33.6 Å². The van der Waals surface area contributed by atoms with Gasteiger partial charge in [0.15, 0.2) is 11.5 Å². The van der Waals surface area contributed by atoms with E-state index in [1.54, 1.807) is 6.33 Å². The van der Waals surface area contributed by atoms with E-state index in [9.17, 15) is 0 Å². The van der Waals surface area contributed by atoms with Crippen molar-refractivity contribution in [1.29, 1.82) is 0 Å². The highest BCUT2D eigenvalue weighted by Gasteiger charge is 2.13. The van der Waals surface area contributed by atoms with Crippen molar-refractivity contribution >= 4 is 34.5 Å². The molecule has 0 atom stereocenters. The molecule has 21 heavy (non-hydrogen) atoms. The highest BCUT2D eigenvalue weighted by atomic mass is 35.5. The standard InChI is InChI=1S/C14H15ClN6/c1-20(2)14-18-12(16)11-13(19-14)21(8-17-11)7-9-5-3-4-6-10(9)15/h3-6,8H,7H2,1-2H3,(H2,16,18,19). The largest absolute Gasteiger partial charge is 0.382 e. The van der Waals surface area contributed by atoms with Crippen molar-refractivity contribution in [2.75, 3.05) is 24.7 Å². The molecule has 0 aliphatic rings. The van der Waals surface area contributed by atoms with Gasteiger partial charge in [-0.05, 0) is 11.6 Å². The molecule has 0 spiro atoms. The first-order chi connectivity index (χ1) is 10.1. The Labute approximate surface area is 127 Å². The molecule has 0 aliphatic heterocycles. The number of nitrogen functional groups attached to an aromatic ring is 1. The summed E-state index contributed by atoms with van der Waals surface area (Å²) >= 11 is 6.21. The fourth-order valence-corrected chi connectivity index (χ4v) is 2.28. The third-order valence-corrected chi connectivity index (χ3v) is 3.55. The van der Waals surface area contributed by atoms with Gasteiger partial charge in [-0.1, -0.05) is 29.8 Å². The van der Waals surface area contributed by atoms with E-state index in [2.05, 4.69) is 15.0 Å². The minimum Gasteiger partial charge on any atom is -0.382 e. The van der Waals surface area contributed by atoms with Crippen molar-refractivity contribution in [1.82, 2.24) is 19.5 Å². The quantitative estimate of drug-likeness (QED) is 0.803. The molecule has 2 heterocycles. The monoisotopic (exact) mass is 302 g/mol. The van der Waals surface area contributed by atoms with E-state index >= 15 is 0 Å². The second kappa shape index (κ2) is 5.21. The van der Waals surface area contributed by atoms with Crippen molar-refractivity contribution in [3.8, 4) is 0 Å². The first-order valence-electron chi connectivity index (χ1n) is 6.45. The Kier molecular flexibility index (Phi) is 3.39. The first kappa shape index (κ1) is 13.6. The van der Waals surface area contributed by atoms with Gasteiger partial charge in [0.2, 0.25) is 5.95 Å². The third-order valence-electron chi connectivity index (χ3n) is 3.18. The zero-order valence-corrected chi connectivity index (χ0v) is 12.5. The lowest BCUT2D eigenvalue weighted by atomic mass is 10.2. The minimum atomic E-state index is 0.376. The van der Waals surface area contributed by atoms with Crippen molar-refractivity contribution < 1.29 is 0 Å². The van der Waals surface area contributed by atoms with E-state index in [-0.39, 0.29) is 0 Å². The number of halogens is 1. The fourth-order valence-electron chi connectivity index (χ4n) is 2.08. The lowest BCUT2D eigenvalue weighted by molar-refractivity contribution is 0.812. The average Bonchev–Trinajstić information content (AvgIpc) is 2.85. The summed E-state index contributed by atoms with van der Waals surface area (Å²) in [5, 5.41) is 0.717. The number of hydrogen-bond donors (Lipinski definition) is 1. The van der Waals surface area contributed by atoms with Crippen LogP contribution in [0.4, 0.5) is 11.8 Å². The predicted octanol–water partition coefficient (Wildman–Crippen LogP) is 2.18. The predicted molar refractivity (Wildman–Crippen MR) is 84.6 cm³/mol. The van der Waals surface area contributed by atoms with Crippen LogP contribution in [0.1, 0.15) is 5.56 Å². The maximum absolute atomic E-state index is 6.21. The molecule has 0 amide bonds. The van der Waals surface area contributed by atoms with Crippen molar-refractivity contribution in [3.63, 3.8) is 0 Å². The molecular weight excluding hydrogens is 288 g/mol. The maximum Gasteiger partial charge on any atom is 0.228 e. The van der Waals surface area contributed by atoms with Crippen molar-refractivity contribution in [2.45, 2.75) is 6.54 Å². The van der Waals surface area contributed by atoms with Crippen LogP contribution in [0.3, 0.4) is 0 Å². The van der Waals surface area contributed by atoms with E-state index in [0.717, 1.165) is 5.56 Å². The van der Waals surface area contributed by atoms with Gasteiger partial charge in [0.1, 0.15) is 5.52 Å². The number of anilines is 2. The van der Waals surface area contributed by atoms with E-state index in [1.165, 1.54) is 0 Å². The topological polar surface area (TPSA) is 72.9 Å². The number of hydrogen-bond acceptors (Lipinski definition) is 5. The highest BCUT2D eigenvalue weighted by molar-refractivity contribution is 6.31. The molecule has 0 bridgehead atoms. The molecule has 0 unspecified atom stereocenters. The fraction of sp³-hybridized carbons (Fsp3) is 0.214. The summed E-state index contributed by atoms with van der Waals surface area (Å²) in [6, 6.07) is 7.70. The summed E-state index contributed by atoms with van der Waals surface area (Å²) in [6.45, 7) is 0.583. The van der Waals surface area contributed by atoms with Crippen LogP contribution in [0.2, 0.25) is 5.02 Å². The molecular formula is C14H15ClN6. The summed E-state index contributed by atoms with van der Waals surface area (Å²) < 4.78 is 1.92. The zero-order valence-electron chi connectivity index (χ0n) is 11.8. The molecule has 1 aromatic carbocycles. The van der Waals surface area contributed by atoms with Gasteiger partial charge in [-0.25, -0.2) is 4.98 Å². The van der Waals surface area contributed by atoms with Crippen LogP contribution in [0.5, 0.6) is 0 Å². The van der Waals surface area contributed by atoms with E-state index < -0.39 is 0 Å². The van der Waals surface area contributed by atoms with Gasteiger partial charge >= 0.3 is 0 Å². The Morgan fingerprint density at radius 1 is 1.24 bits per heavy atom. The first-order valence-corrected chi connectivity index (χ1v) is 6.83. The Morgan fingerprint density at radius 3 is 2.71 bits per heavy atom. The van der Waals surface area contributed by atoms with E-state index in [4.69, 9.17) is 17.3 Å². The molecule has 0 saturated heterocycles. The van der Waals surface area contributed by atoms with Gasteiger partial charge in [0.05, 0.1) is 12.9 Å². The Hall–Kier alpha value is -2.34. The summed E-state index contributed by atoms with van der Waals surface area (Å²) in [7, 11) is 3.74. The normalized spacial score (nSPS) is 11.0. The van der Waals surface area contributed by atoms with Crippen LogP contribution < -0.4 is 10.6 Å². The summed E-state index contributed by atoms with van der Waals surface area (Å²) in [6.07, 6.45) is 1.71. The number of benzene rings is 1. The van der Waals surface area contributed by atoms with Gasteiger partial charge in [-0.3, -0.25) is 0 Å². The van der Waals surface area contributed by atoms with Gasteiger partial charge in [0, 0.05) is 19.1 Å². The Morgan fingerprint density at radius 2 is 2.00 bits per heavy atom. The van der Waals surface area contributed by atoms with Crippen molar-refractivity contribution in [2.24, 2.45) is 0 Å². The van der Waals surface area contributed by atoms with Crippen LogP contribution in [0.25, 0.3) is 11.2 Å². The molecule has 0 saturated carbocycles. The van der Waals surface area contributed by atoms with Crippen LogP contribution in [-0.2, 0) is 6.54 Å². The molecule has 108 valence electrons. The molecule has 7 heteroatoms. The zero-order chi connectivity index (χ0) is 15.0. The second-order valence-electron chi connectivity index (χ2n) is 4.94. The van der Waals surface area contributed by atoms with Crippen LogP contribution in [0.15, 0.2) is 30.6 Å². The SMILES string of the molecule is CN(C)c1nc(N)c2ncn(Cc3ccccc3Cl)c2n1. The lowest BCUT2D eigenvalue weighted by Crippen LogP contribution is -2.14. The number of aromatic nitrogens is 4. The lowest BCUT2D eigenvalue weighted by Gasteiger charge is -2.11. The smallest absolute Gasteiger partial charge is 0.228 e. The highest BCUT2D eigenvalue weighted by Crippen LogP contribution is 2.22. The van der Waals surface area contributed by atoms with E-state index in [0.29, 0.717) is 34.5 Å².